The van der Waals surface area contributed by atoms with Gasteiger partial charge in [-0.05, 0) is 0 Å². The molecule has 0 saturated heterocycles. The Morgan fingerprint density at radius 3 is 2.67 bits per heavy atom. The summed E-state index contributed by atoms with van der Waals surface area (Å²) in [7, 11) is 0. The van der Waals surface area contributed by atoms with E-state index in [0.717, 1.165) is 6.20 Å². The number of ether oxygens (including phenoxy) is 1. The molecule has 1 aromatic heterocycles. The predicted molar refractivity (Wildman–Crippen MR) is 56.2 cm³/mol. The number of aromatic nitrogens is 2. The van der Waals surface area contributed by atoms with Crippen LogP contribution in [0.15, 0.2) is 12.4 Å². The van der Waals surface area contributed by atoms with E-state index in [1.165, 1.54) is 6.20 Å². The average Bonchev–Trinajstić information content (AvgIpc) is 2.27. The summed E-state index contributed by atoms with van der Waals surface area (Å²) in [6, 6.07) is 0. The Morgan fingerprint density at radius 2 is 2.11 bits per heavy atom. The third kappa shape index (κ3) is 5.78. The molecule has 0 fully saturated rings. The molecule has 1 heterocycles. The van der Waals surface area contributed by atoms with Gasteiger partial charge in [0.05, 0.1) is 19.0 Å². The summed E-state index contributed by atoms with van der Waals surface area (Å²) >= 11 is 5.47. The van der Waals surface area contributed by atoms with Crippen LogP contribution in [0.1, 0.15) is 10.5 Å². The van der Waals surface area contributed by atoms with Gasteiger partial charge in [-0.2, -0.15) is 13.2 Å². The van der Waals surface area contributed by atoms with E-state index in [4.69, 9.17) is 11.6 Å². The van der Waals surface area contributed by atoms with E-state index in [2.05, 4.69) is 20.0 Å². The van der Waals surface area contributed by atoms with Crippen LogP contribution in [0.5, 0.6) is 0 Å². The average molecular weight is 284 g/mol. The maximum atomic E-state index is 11.7. The molecule has 0 spiro atoms. The highest BCUT2D eigenvalue weighted by atomic mass is 35.5. The van der Waals surface area contributed by atoms with Crippen LogP contribution in [0.25, 0.3) is 0 Å². The van der Waals surface area contributed by atoms with Crippen molar-refractivity contribution in [3.05, 3.63) is 23.2 Å². The Kier molecular flexibility index (Phi) is 5.29. The van der Waals surface area contributed by atoms with Crippen LogP contribution >= 0.6 is 11.6 Å². The number of halogens is 4. The van der Waals surface area contributed by atoms with Crippen molar-refractivity contribution in [2.75, 3.05) is 19.8 Å². The fourth-order valence-electron chi connectivity index (χ4n) is 0.945. The standard InChI is InChI=1S/C9H9ClF3N3O2/c10-7-4-15-6(3-16-7)8(17)14-1-2-18-5-9(11,12)13/h3-4H,1-2,5H2,(H,14,17). The number of hydrogen-bond donors (Lipinski definition) is 1. The number of carbonyl (C=O) groups is 1. The number of nitrogens with zero attached hydrogens (tertiary/aromatic N) is 2. The maximum Gasteiger partial charge on any atom is 0.411 e. The fourth-order valence-corrected chi connectivity index (χ4v) is 1.04. The van der Waals surface area contributed by atoms with Crippen LogP contribution in [0.4, 0.5) is 13.2 Å². The molecule has 0 aliphatic heterocycles. The fraction of sp³-hybridized carbons (Fsp3) is 0.444. The van der Waals surface area contributed by atoms with Crippen LogP contribution in [0.3, 0.4) is 0 Å². The van der Waals surface area contributed by atoms with Crippen LogP contribution < -0.4 is 5.32 Å². The lowest BCUT2D eigenvalue weighted by atomic mass is 10.4. The van der Waals surface area contributed by atoms with Crippen molar-refractivity contribution in [2.24, 2.45) is 0 Å². The number of hydrogen-bond acceptors (Lipinski definition) is 4. The first kappa shape index (κ1) is 14.7. The molecule has 0 radical (unpaired) electrons. The quantitative estimate of drug-likeness (QED) is 0.831. The van der Waals surface area contributed by atoms with E-state index in [9.17, 15) is 18.0 Å². The lowest BCUT2D eigenvalue weighted by Crippen LogP contribution is -2.29. The number of carbonyl (C=O) groups excluding carboxylic acids is 1. The van der Waals surface area contributed by atoms with E-state index in [0.29, 0.717) is 0 Å². The summed E-state index contributed by atoms with van der Waals surface area (Å²) in [6.45, 7) is -1.64. The Hall–Kier alpha value is -1.41. The second kappa shape index (κ2) is 6.50. The van der Waals surface area contributed by atoms with Gasteiger partial charge in [0, 0.05) is 6.54 Å². The molecule has 0 saturated carbocycles. The molecule has 1 amide bonds. The van der Waals surface area contributed by atoms with Crippen molar-refractivity contribution in [2.45, 2.75) is 6.18 Å². The van der Waals surface area contributed by atoms with Crippen molar-refractivity contribution in [3.63, 3.8) is 0 Å². The first-order chi connectivity index (χ1) is 8.38. The van der Waals surface area contributed by atoms with Gasteiger partial charge in [0.2, 0.25) is 0 Å². The van der Waals surface area contributed by atoms with Crippen LogP contribution in [0, 0.1) is 0 Å². The Labute approximate surface area is 105 Å². The third-order valence-corrected chi connectivity index (χ3v) is 1.85. The van der Waals surface area contributed by atoms with E-state index >= 15 is 0 Å². The van der Waals surface area contributed by atoms with Gasteiger partial charge in [0.15, 0.2) is 0 Å². The zero-order valence-electron chi connectivity index (χ0n) is 9.00. The molecular weight excluding hydrogens is 275 g/mol. The Bertz CT molecular complexity index is 397. The van der Waals surface area contributed by atoms with Gasteiger partial charge in [-0.15, -0.1) is 0 Å². The highest BCUT2D eigenvalue weighted by Gasteiger charge is 2.27. The molecular formula is C9H9ClF3N3O2. The lowest BCUT2D eigenvalue weighted by molar-refractivity contribution is -0.173. The van der Waals surface area contributed by atoms with Crippen molar-refractivity contribution >= 4 is 17.5 Å². The monoisotopic (exact) mass is 283 g/mol. The summed E-state index contributed by atoms with van der Waals surface area (Å²) in [6.07, 6.45) is -2.02. The van der Waals surface area contributed by atoms with E-state index < -0.39 is 18.7 Å². The number of rotatable bonds is 5. The normalized spacial score (nSPS) is 11.3. The van der Waals surface area contributed by atoms with E-state index in [1.807, 2.05) is 0 Å². The van der Waals surface area contributed by atoms with Gasteiger partial charge in [-0.25, -0.2) is 9.97 Å². The summed E-state index contributed by atoms with van der Waals surface area (Å²) < 4.78 is 39.4. The highest BCUT2D eigenvalue weighted by Crippen LogP contribution is 2.13. The molecule has 1 rings (SSSR count). The molecule has 1 aromatic rings. The first-order valence-electron chi connectivity index (χ1n) is 4.79. The topological polar surface area (TPSA) is 64.1 Å². The minimum atomic E-state index is -4.37. The number of amides is 1. The summed E-state index contributed by atoms with van der Waals surface area (Å²) in [4.78, 5) is 18.7. The molecule has 0 atom stereocenters. The Morgan fingerprint density at radius 1 is 1.39 bits per heavy atom. The molecule has 0 aliphatic rings. The molecule has 18 heavy (non-hydrogen) atoms. The molecule has 9 heteroatoms. The van der Waals surface area contributed by atoms with Gasteiger partial charge in [0.1, 0.15) is 17.5 Å². The van der Waals surface area contributed by atoms with Crippen LogP contribution in [0.2, 0.25) is 5.15 Å². The molecule has 0 aromatic carbocycles. The molecule has 0 aliphatic carbocycles. The molecule has 1 N–H and O–H groups in total. The second-order valence-electron chi connectivity index (χ2n) is 3.15. The Balaban J connectivity index is 2.24. The largest absolute Gasteiger partial charge is 0.411 e. The first-order valence-corrected chi connectivity index (χ1v) is 5.16. The minimum absolute atomic E-state index is 0.0234. The SMILES string of the molecule is O=C(NCCOCC(F)(F)F)c1cnc(Cl)cn1. The number of nitrogens with one attached hydrogen (secondary N) is 1. The minimum Gasteiger partial charge on any atom is -0.370 e. The second-order valence-corrected chi connectivity index (χ2v) is 3.54. The summed E-state index contributed by atoms with van der Waals surface area (Å²) in [5, 5.41) is 2.47. The van der Waals surface area contributed by atoms with Crippen molar-refractivity contribution < 1.29 is 22.7 Å². The van der Waals surface area contributed by atoms with Crippen molar-refractivity contribution in [1.29, 1.82) is 0 Å². The summed E-state index contributed by atoms with van der Waals surface area (Å²) in [5.41, 5.74) is 0.0234. The zero-order chi connectivity index (χ0) is 13.6. The molecule has 5 nitrogen and oxygen atoms in total. The lowest BCUT2D eigenvalue weighted by Gasteiger charge is -2.08. The molecule has 0 bridgehead atoms. The summed E-state index contributed by atoms with van der Waals surface area (Å²) in [5.74, 6) is -0.560. The smallest absolute Gasteiger partial charge is 0.370 e. The third-order valence-electron chi connectivity index (χ3n) is 1.65. The van der Waals surface area contributed by atoms with E-state index in [-0.39, 0.29) is 24.0 Å². The predicted octanol–water partition coefficient (Wildman–Crippen LogP) is 1.44. The zero-order valence-corrected chi connectivity index (χ0v) is 9.75. The molecule has 100 valence electrons. The van der Waals surface area contributed by atoms with Crippen LogP contribution in [-0.4, -0.2) is 41.8 Å². The van der Waals surface area contributed by atoms with E-state index in [1.54, 1.807) is 0 Å². The van der Waals surface area contributed by atoms with Gasteiger partial charge < -0.3 is 10.1 Å². The van der Waals surface area contributed by atoms with Gasteiger partial charge in [-0.1, -0.05) is 11.6 Å². The number of alkyl halides is 3. The van der Waals surface area contributed by atoms with Crippen LogP contribution in [-0.2, 0) is 4.74 Å². The maximum absolute atomic E-state index is 11.7. The molecule has 0 unspecified atom stereocenters. The van der Waals surface area contributed by atoms with Crippen molar-refractivity contribution in [3.8, 4) is 0 Å². The van der Waals surface area contributed by atoms with Gasteiger partial charge >= 0.3 is 6.18 Å². The highest BCUT2D eigenvalue weighted by molar-refractivity contribution is 6.29. The van der Waals surface area contributed by atoms with Gasteiger partial charge in [-0.3, -0.25) is 4.79 Å². The van der Waals surface area contributed by atoms with Crippen molar-refractivity contribution in [1.82, 2.24) is 15.3 Å². The van der Waals surface area contributed by atoms with Gasteiger partial charge in [0.25, 0.3) is 5.91 Å².